The van der Waals surface area contributed by atoms with Crippen molar-refractivity contribution in [3.8, 4) is 0 Å². The molecule has 0 aromatic carbocycles. The monoisotopic (exact) mass is 1670 g/mol. The summed E-state index contributed by atoms with van der Waals surface area (Å²) in [7, 11) is -9.82. The second-order valence-corrected chi connectivity index (χ2v) is 33.2. The quantitative estimate of drug-likeness (QED) is 0.0146. The van der Waals surface area contributed by atoms with Crippen molar-refractivity contribution >= 4 is 33.6 Å². The number of esters is 3. The maximum absolute atomic E-state index is 13.1. The van der Waals surface area contributed by atoms with Crippen molar-refractivity contribution in [2.24, 2.45) is 0 Å². The van der Waals surface area contributed by atoms with Crippen LogP contribution in [-0.2, 0) is 55.8 Å². The number of aliphatic hydroxyl groups is 2. The van der Waals surface area contributed by atoms with E-state index < -0.39 is 91.5 Å². The summed E-state index contributed by atoms with van der Waals surface area (Å²) >= 11 is 0. The third-order valence-corrected chi connectivity index (χ3v) is 21.0. The zero-order valence-electron chi connectivity index (χ0n) is 73.6. The minimum atomic E-state index is -4.95. The molecule has 0 rings (SSSR count). The Hall–Kier alpha value is -5.35. The second-order valence-electron chi connectivity index (χ2n) is 30.3. The van der Waals surface area contributed by atoms with Crippen LogP contribution in [0.15, 0.2) is 182 Å². The van der Waals surface area contributed by atoms with Crippen LogP contribution in [-0.4, -0.2) is 95.9 Å². The van der Waals surface area contributed by atoms with E-state index in [1.165, 1.54) is 109 Å². The molecule has 668 valence electrons. The molecule has 0 aliphatic carbocycles. The molecule has 0 amide bonds. The van der Waals surface area contributed by atoms with Crippen LogP contribution in [0.5, 0.6) is 0 Å². The van der Waals surface area contributed by atoms with E-state index in [1.54, 1.807) is 0 Å². The Balaban J connectivity index is 4.68. The predicted octanol–water partition coefficient (Wildman–Crippen LogP) is 28.4. The number of aliphatic hydroxyl groups excluding tert-OH is 2. The maximum atomic E-state index is 13.1. The molecule has 5 atom stereocenters. The Bertz CT molecular complexity index is 2860. The van der Waals surface area contributed by atoms with Gasteiger partial charge in [0.15, 0.2) is 6.10 Å². The number of hydrogen-bond acceptors (Lipinski definition) is 14. The van der Waals surface area contributed by atoms with Crippen LogP contribution >= 0.6 is 15.6 Å². The van der Waals surface area contributed by atoms with Crippen LogP contribution in [0, 0.1) is 0 Å². The molecular weight excluding hydrogens is 1510 g/mol. The number of allylic oxidation sites excluding steroid dienone is 30. The molecule has 0 bridgehead atoms. The van der Waals surface area contributed by atoms with Crippen LogP contribution in [0.2, 0.25) is 0 Å². The van der Waals surface area contributed by atoms with E-state index >= 15 is 0 Å². The highest BCUT2D eigenvalue weighted by atomic mass is 31.2. The highest BCUT2D eigenvalue weighted by molar-refractivity contribution is 7.47. The van der Waals surface area contributed by atoms with Crippen molar-refractivity contribution in [2.45, 2.75) is 386 Å². The maximum Gasteiger partial charge on any atom is 0.472 e. The van der Waals surface area contributed by atoms with Crippen molar-refractivity contribution in [1.82, 2.24) is 0 Å². The SMILES string of the molecule is CC/C=C\C/C=C\C/C=C\C/C=C\C/C=C\C/C=C\CCCCCCCCCCC(=O)OCC(COP(=O)(O)OCC(O)COP(=O)(O)OCC(O)COC(=O)CCCCCCCCCCCCCCC/C=C\C/C=C\C/C=C\C/C=C\CCCCC)OC(=O)CCCCCCCCCCC/C=C\C/C=C\C/C=C\C/C=C\C/C=C\CC. The molecule has 4 N–H and O–H groups in total. The van der Waals surface area contributed by atoms with E-state index in [0.29, 0.717) is 19.3 Å². The van der Waals surface area contributed by atoms with Gasteiger partial charge >= 0.3 is 33.6 Å². The molecule has 5 unspecified atom stereocenters. The average Bonchev–Trinajstić information content (AvgIpc) is 0.897. The first-order valence-corrected chi connectivity index (χ1v) is 49.1. The summed E-state index contributed by atoms with van der Waals surface area (Å²) in [4.78, 5) is 59.0. The van der Waals surface area contributed by atoms with Gasteiger partial charge in [0, 0.05) is 19.3 Å². The van der Waals surface area contributed by atoms with Gasteiger partial charge in [-0.25, -0.2) is 9.13 Å². The molecule has 0 saturated carbocycles. The summed E-state index contributed by atoms with van der Waals surface area (Å²) in [6, 6.07) is 0. The fourth-order valence-corrected chi connectivity index (χ4v) is 13.8. The number of unbranched alkanes of at least 4 members (excludes halogenated alkanes) is 33. The fraction of sp³-hybridized carbons (Fsp3) is 0.667. The fourth-order valence-electron chi connectivity index (χ4n) is 12.2. The highest BCUT2D eigenvalue weighted by Crippen LogP contribution is 2.45. The van der Waals surface area contributed by atoms with Crippen molar-refractivity contribution in [3.63, 3.8) is 0 Å². The first-order chi connectivity index (χ1) is 57.2. The average molecular weight is 1670 g/mol. The summed E-state index contributed by atoms with van der Waals surface area (Å²) in [5.41, 5.74) is 0. The number of ether oxygens (including phenoxy) is 3. The van der Waals surface area contributed by atoms with Gasteiger partial charge in [-0.05, 0) is 161 Å². The number of phosphoric acid groups is 2. The summed E-state index contributed by atoms with van der Waals surface area (Å²) in [5, 5.41) is 20.7. The van der Waals surface area contributed by atoms with Crippen LogP contribution in [0.25, 0.3) is 0 Å². The molecule has 16 nitrogen and oxygen atoms in total. The summed E-state index contributed by atoms with van der Waals surface area (Å²) in [5.74, 6) is -1.59. The largest absolute Gasteiger partial charge is 0.472 e. The van der Waals surface area contributed by atoms with Crippen molar-refractivity contribution in [1.29, 1.82) is 0 Å². The third kappa shape index (κ3) is 91.2. The third-order valence-electron chi connectivity index (χ3n) is 19.1. The minimum Gasteiger partial charge on any atom is -0.463 e. The Kier molecular flexibility index (Phi) is 85.8. The Morgan fingerprint density at radius 1 is 0.248 bits per heavy atom. The highest BCUT2D eigenvalue weighted by Gasteiger charge is 2.29. The van der Waals surface area contributed by atoms with Gasteiger partial charge in [0.1, 0.15) is 25.4 Å². The van der Waals surface area contributed by atoms with Gasteiger partial charge in [-0.1, -0.05) is 370 Å². The molecule has 0 aliphatic rings. The van der Waals surface area contributed by atoms with E-state index in [2.05, 4.69) is 203 Å². The minimum absolute atomic E-state index is 0.0886. The van der Waals surface area contributed by atoms with Gasteiger partial charge in [0.05, 0.1) is 26.4 Å². The molecule has 0 aromatic rings. The molecule has 0 saturated heterocycles. The number of rotatable bonds is 86. The van der Waals surface area contributed by atoms with Gasteiger partial charge in [-0.15, -0.1) is 0 Å². The molecule has 18 heteroatoms. The van der Waals surface area contributed by atoms with E-state index in [-0.39, 0.29) is 19.3 Å². The molecular formula is C99H166O16P2. The predicted molar refractivity (Wildman–Crippen MR) is 491 cm³/mol. The van der Waals surface area contributed by atoms with Crippen molar-refractivity contribution in [2.75, 3.05) is 39.6 Å². The van der Waals surface area contributed by atoms with Crippen LogP contribution in [0.4, 0.5) is 0 Å². The van der Waals surface area contributed by atoms with E-state index in [0.717, 1.165) is 199 Å². The Morgan fingerprint density at radius 2 is 0.453 bits per heavy atom. The molecule has 0 heterocycles. The van der Waals surface area contributed by atoms with Crippen LogP contribution in [0.1, 0.15) is 367 Å². The molecule has 0 radical (unpaired) electrons. The lowest BCUT2D eigenvalue weighted by atomic mass is 10.0. The molecule has 0 fully saturated rings. The topological polar surface area (TPSA) is 231 Å². The van der Waals surface area contributed by atoms with E-state index in [4.69, 9.17) is 32.3 Å². The second kappa shape index (κ2) is 89.9. The molecule has 0 aliphatic heterocycles. The summed E-state index contributed by atoms with van der Waals surface area (Å²) in [6.07, 6.45) is 118. The smallest absolute Gasteiger partial charge is 0.463 e. The van der Waals surface area contributed by atoms with Crippen LogP contribution < -0.4 is 0 Å². The summed E-state index contributed by atoms with van der Waals surface area (Å²) in [6.45, 7) is 2.44. The van der Waals surface area contributed by atoms with Gasteiger partial charge in [0.25, 0.3) is 0 Å². The lowest BCUT2D eigenvalue weighted by molar-refractivity contribution is -0.161. The van der Waals surface area contributed by atoms with Crippen molar-refractivity contribution < 1.29 is 75.8 Å². The molecule has 0 aromatic heterocycles. The first kappa shape index (κ1) is 112. The molecule has 117 heavy (non-hydrogen) atoms. The zero-order chi connectivity index (χ0) is 85.1. The van der Waals surface area contributed by atoms with Crippen molar-refractivity contribution in [3.05, 3.63) is 182 Å². The standard InChI is InChI=1S/C99H166O16P2/c1-4-7-10-13-16-19-22-25-28-31-34-37-40-43-45-46-48-51-52-55-58-61-64-67-70-73-76-79-82-85-97(102)109-88-94(100)89-111-116(105,106)112-90-95(101)91-113-117(107,108)114-93-96(115-99(104)87-84-81-78-75-72-69-66-63-60-57-54-49-42-39-36-33-30-27-24-21-18-15-12-9-6-3)92-110-98(103)86-83-80-77-74-71-68-65-62-59-56-53-50-47-44-41-38-35-32-29-26-23-20-17-14-11-8-5-2/h8-9,11-12,16-21,25-30,34-39,43-45,47,49,53-54,56,94-96,100-101H,4-7,10,13-15,22-24,31-33,40-42,46,48,50-52,55,57-93H2,1-3H3,(H,105,106)(H,107,108)/b11-8-,12-9-,19-16-,20-17-,21-18-,28-25-,29-26-,30-27-,37-34-,38-35-,39-36-,45-43-,47-44-,54-49-,56-53-. The van der Waals surface area contributed by atoms with E-state index in [9.17, 15) is 43.5 Å². The Labute approximate surface area is 713 Å². The normalized spacial score (nSPS) is 14.6. The summed E-state index contributed by atoms with van der Waals surface area (Å²) < 4.78 is 61.5. The lowest BCUT2D eigenvalue weighted by Gasteiger charge is -2.21. The zero-order valence-corrected chi connectivity index (χ0v) is 75.4. The van der Waals surface area contributed by atoms with Gasteiger partial charge in [-0.3, -0.25) is 32.5 Å². The van der Waals surface area contributed by atoms with Gasteiger partial charge in [-0.2, -0.15) is 0 Å². The van der Waals surface area contributed by atoms with Gasteiger partial charge in [0.2, 0.25) is 0 Å². The first-order valence-electron chi connectivity index (χ1n) is 46.1. The number of carbonyl (C=O) groups excluding carboxylic acids is 3. The number of hydrogen-bond donors (Lipinski definition) is 4. The number of carbonyl (C=O) groups is 3. The number of phosphoric ester groups is 2. The van der Waals surface area contributed by atoms with E-state index in [1.807, 2.05) is 0 Å². The lowest BCUT2D eigenvalue weighted by Crippen LogP contribution is -2.30. The Morgan fingerprint density at radius 3 is 0.718 bits per heavy atom. The molecule has 0 spiro atoms. The van der Waals surface area contributed by atoms with Crippen LogP contribution in [0.3, 0.4) is 0 Å². The van der Waals surface area contributed by atoms with Gasteiger partial charge < -0.3 is 34.2 Å².